The number of carbonyl (C=O) groups excluding carboxylic acids is 1. The minimum absolute atomic E-state index is 0.00753. The van der Waals surface area contributed by atoms with Crippen LogP contribution in [-0.2, 0) is 11.2 Å². The van der Waals surface area contributed by atoms with Gasteiger partial charge in [-0.2, -0.15) is 0 Å². The molecule has 0 bridgehead atoms. The Bertz CT molecular complexity index is 540. The van der Waals surface area contributed by atoms with Crippen LogP contribution in [0.5, 0.6) is 5.75 Å². The molecule has 2 N–H and O–H groups in total. The van der Waals surface area contributed by atoms with Crippen molar-refractivity contribution in [1.82, 2.24) is 10.2 Å². The van der Waals surface area contributed by atoms with Crippen molar-refractivity contribution in [2.75, 3.05) is 32.8 Å². The second-order valence-electron chi connectivity index (χ2n) is 7.19. The number of hydrogen-bond donors (Lipinski definition) is 2. The third-order valence-electron chi connectivity index (χ3n) is 5.33. The second-order valence-corrected chi connectivity index (χ2v) is 7.19. The standard InChI is InChI=1S/C20H30N2O3/c23-19-5-3-4-18(19)20(24)21-11-10-16-6-8-17(9-7-16)25-15-14-22-12-1-2-13-22/h6-9,18-19,23H,1-5,10-15H2,(H,21,24). The number of nitrogens with one attached hydrogen (secondary N) is 1. The van der Waals surface area contributed by atoms with Gasteiger partial charge in [0.05, 0.1) is 12.0 Å². The summed E-state index contributed by atoms with van der Waals surface area (Å²) in [7, 11) is 0. The predicted molar refractivity (Wildman–Crippen MR) is 97.7 cm³/mol. The largest absolute Gasteiger partial charge is 0.492 e. The maximum absolute atomic E-state index is 12.0. The third kappa shape index (κ3) is 5.44. The molecular formula is C20H30N2O3. The van der Waals surface area contributed by atoms with Crippen LogP contribution >= 0.6 is 0 Å². The number of likely N-dealkylation sites (tertiary alicyclic amines) is 1. The normalized spacial score (nSPS) is 23.7. The zero-order chi connectivity index (χ0) is 17.5. The Morgan fingerprint density at radius 3 is 2.60 bits per heavy atom. The Hall–Kier alpha value is -1.59. The number of carbonyl (C=O) groups is 1. The van der Waals surface area contributed by atoms with E-state index in [-0.39, 0.29) is 11.8 Å². The fourth-order valence-corrected chi connectivity index (χ4v) is 3.76. The van der Waals surface area contributed by atoms with E-state index in [9.17, 15) is 9.90 Å². The molecule has 5 heteroatoms. The van der Waals surface area contributed by atoms with Crippen LogP contribution in [0.2, 0.25) is 0 Å². The van der Waals surface area contributed by atoms with Gasteiger partial charge in [-0.3, -0.25) is 9.69 Å². The molecule has 2 aliphatic rings. The molecule has 25 heavy (non-hydrogen) atoms. The van der Waals surface area contributed by atoms with Gasteiger partial charge in [-0.05, 0) is 69.3 Å². The number of rotatable bonds is 8. The molecule has 1 heterocycles. The Morgan fingerprint density at radius 2 is 1.92 bits per heavy atom. The van der Waals surface area contributed by atoms with Gasteiger partial charge >= 0.3 is 0 Å². The van der Waals surface area contributed by atoms with E-state index < -0.39 is 6.10 Å². The summed E-state index contributed by atoms with van der Waals surface area (Å²) in [4.78, 5) is 14.5. The highest BCUT2D eigenvalue weighted by atomic mass is 16.5. The van der Waals surface area contributed by atoms with Crippen LogP contribution in [0, 0.1) is 5.92 Å². The predicted octanol–water partition coefficient (Wildman–Crippen LogP) is 1.98. The van der Waals surface area contributed by atoms with Crippen molar-refractivity contribution in [3.63, 3.8) is 0 Å². The third-order valence-corrected chi connectivity index (χ3v) is 5.33. The molecule has 1 amide bonds. The molecule has 2 atom stereocenters. The highest BCUT2D eigenvalue weighted by molar-refractivity contribution is 5.79. The molecule has 1 aliphatic carbocycles. The number of ether oxygens (including phenoxy) is 1. The quantitative estimate of drug-likeness (QED) is 0.756. The minimum atomic E-state index is -0.461. The Morgan fingerprint density at radius 1 is 1.16 bits per heavy atom. The van der Waals surface area contributed by atoms with E-state index in [4.69, 9.17) is 4.74 Å². The zero-order valence-electron chi connectivity index (χ0n) is 15.0. The Labute approximate surface area is 150 Å². The summed E-state index contributed by atoms with van der Waals surface area (Å²) < 4.78 is 5.81. The van der Waals surface area contributed by atoms with Gasteiger partial charge < -0.3 is 15.2 Å². The first-order valence-electron chi connectivity index (χ1n) is 9.62. The van der Waals surface area contributed by atoms with E-state index in [1.54, 1.807) is 0 Å². The van der Waals surface area contributed by atoms with Gasteiger partial charge in [0.1, 0.15) is 12.4 Å². The number of benzene rings is 1. The molecule has 138 valence electrons. The van der Waals surface area contributed by atoms with Crippen molar-refractivity contribution in [2.45, 2.75) is 44.6 Å². The highest BCUT2D eigenvalue weighted by Crippen LogP contribution is 2.25. The summed E-state index contributed by atoms with van der Waals surface area (Å²) in [6.07, 6.45) is 5.45. The first-order chi connectivity index (χ1) is 12.2. The topological polar surface area (TPSA) is 61.8 Å². The van der Waals surface area contributed by atoms with Gasteiger partial charge in [0.2, 0.25) is 5.91 Å². The van der Waals surface area contributed by atoms with Crippen LogP contribution in [0.25, 0.3) is 0 Å². The van der Waals surface area contributed by atoms with E-state index in [2.05, 4.69) is 22.3 Å². The molecule has 1 saturated carbocycles. The molecule has 1 aliphatic heterocycles. The smallest absolute Gasteiger partial charge is 0.225 e. The van der Waals surface area contributed by atoms with Gasteiger partial charge in [0.25, 0.3) is 0 Å². The van der Waals surface area contributed by atoms with Crippen LogP contribution in [0.15, 0.2) is 24.3 Å². The first-order valence-corrected chi connectivity index (χ1v) is 9.62. The average molecular weight is 346 g/mol. The van der Waals surface area contributed by atoms with Crippen LogP contribution in [0.1, 0.15) is 37.7 Å². The number of aliphatic hydroxyl groups excluding tert-OH is 1. The molecule has 1 saturated heterocycles. The minimum Gasteiger partial charge on any atom is -0.492 e. The average Bonchev–Trinajstić information content (AvgIpc) is 3.28. The van der Waals surface area contributed by atoms with Gasteiger partial charge in [0.15, 0.2) is 0 Å². The van der Waals surface area contributed by atoms with Gasteiger partial charge in [-0.25, -0.2) is 0 Å². The van der Waals surface area contributed by atoms with Crippen molar-refractivity contribution in [3.8, 4) is 5.75 Å². The van der Waals surface area contributed by atoms with E-state index >= 15 is 0 Å². The van der Waals surface area contributed by atoms with Crippen LogP contribution in [-0.4, -0.2) is 54.8 Å². The summed E-state index contributed by atoms with van der Waals surface area (Å²) in [5.41, 5.74) is 1.18. The lowest BCUT2D eigenvalue weighted by Crippen LogP contribution is -2.35. The summed E-state index contributed by atoms with van der Waals surface area (Å²) in [6, 6.07) is 8.12. The highest BCUT2D eigenvalue weighted by Gasteiger charge is 2.30. The molecule has 2 unspecified atom stereocenters. The number of nitrogens with zero attached hydrogens (tertiary/aromatic N) is 1. The molecule has 0 radical (unpaired) electrons. The fourth-order valence-electron chi connectivity index (χ4n) is 3.76. The van der Waals surface area contributed by atoms with Gasteiger partial charge in [-0.1, -0.05) is 12.1 Å². The fraction of sp³-hybridized carbons (Fsp3) is 0.650. The van der Waals surface area contributed by atoms with E-state index in [1.165, 1.54) is 31.5 Å². The molecule has 1 aromatic rings. The Balaban J connectivity index is 1.33. The molecular weight excluding hydrogens is 316 g/mol. The van der Waals surface area contributed by atoms with Crippen LogP contribution < -0.4 is 10.1 Å². The molecule has 2 fully saturated rings. The van der Waals surface area contributed by atoms with Gasteiger partial charge in [0, 0.05) is 13.1 Å². The lowest BCUT2D eigenvalue weighted by molar-refractivity contribution is -0.127. The van der Waals surface area contributed by atoms with Crippen LogP contribution in [0.3, 0.4) is 0 Å². The zero-order valence-corrected chi connectivity index (χ0v) is 15.0. The van der Waals surface area contributed by atoms with Crippen molar-refractivity contribution < 1.29 is 14.6 Å². The monoisotopic (exact) mass is 346 g/mol. The van der Waals surface area contributed by atoms with E-state index in [0.29, 0.717) is 6.54 Å². The van der Waals surface area contributed by atoms with Crippen molar-refractivity contribution in [2.24, 2.45) is 5.92 Å². The number of amides is 1. The summed E-state index contributed by atoms with van der Waals surface area (Å²) in [5, 5.41) is 12.7. The van der Waals surface area contributed by atoms with Crippen molar-refractivity contribution in [3.05, 3.63) is 29.8 Å². The van der Waals surface area contributed by atoms with Gasteiger partial charge in [-0.15, -0.1) is 0 Å². The number of aliphatic hydroxyl groups is 1. The lowest BCUT2D eigenvalue weighted by Gasteiger charge is -2.15. The Kier molecular flexibility index (Phi) is 6.70. The summed E-state index contributed by atoms with van der Waals surface area (Å²) >= 11 is 0. The first kappa shape index (κ1) is 18.2. The molecule has 0 spiro atoms. The van der Waals surface area contributed by atoms with Crippen LogP contribution in [0.4, 0.5) is 0 Å². The molecule has 1 aromatic carbocycles. The van der Waals surface area contributed by atoms with Crippen molar-refractivity contribution >= 4 is 5.91 Å². The van der Waals surface area contributed by atoms with E-state index in [1.807, 2.05) is 12.1 Å². The summed E-state index contributed by atoms with van der Waals surface area (Å²) in [5.74, 6) is 0.680. The van der Waals surface area contributed by atoms with E-state index in [0.717, 1.165) is 44.6 Å². The molecule has 5 nitrogen and oxygen atoms in total. The lowest BCUT2D eigenvalue weighted by atomic mass is 10.1. The maximum atomic E-state index is 12.0. The van der Waals surface area contributed by atoms with Crippen molar-refractivity contribution in [1.29, 1.82) is 0 Å². The SMILES string of the molecule is O=C(NCCc1ccc(OCCN2CCCC2)cc1)C1CCCC1O. The second kappa shape index (κ2) is 9.20. The summed E-state index contributed by atoms with van der Waals surface area (Å²) in [6.45, 7) is 4.74. The molecule has 3 rings (SSSR count). The number of hydrogen-bond acceptors (Lipinski definition) is 4. The molecule has 0 aromatic heterocycles. The maximum Gasteiger partial charge on any atom is 0.225 e.